The van der Waals surface area contributed by atoms with Crippen molar-refractivity contribution >= 4 is 18.3 Å². The zero-order valence-corrected chi connectivity index (χ0v) is 14.9. The normalized spacial score (nSPS) is 26.6. The number of alkyl halides is 3. The van der Waals surface area contributed by atoms with Gasteiger partial charge in [0, 0.05) is 18.5 Å². The van der Waals surface area contributed by atoms with E-state index in [0.29, 0.717) is 30.0 Å². The van der Waals surface area contributed by atoms with Crippen LogP contribution in [0.15, 0.2) is 24.3 Å². The van der Waals surface area contributed by atoms with Crippen LogP contribution in [0.1, 0.15) is 56.2 Å². The van der Waals surface area contributed by atoms with Gasteiger partial charge in [0.1, 0.15) is 0 Å². The quantitative estimate of drug-likeness (QED) is 0.825. The molecule has 3 atom stereocenters. The molecular weight excluding hydrogens is 353 g/mol. The topological polar surface area (TPSA) is 41.1 Å². The molecule has 2 bridgehead atoms. The summed E-state index contributed by atoms with van der Waals surface area (Å²) >= 11 is 0. The van der Waals surface area contributed by atoms with E-state index in [1.165, 1.54) is 25.0 Å². The van der Waals surface area contributed by atoms with E-state index in [1.807, 2.05) is 0 Å². The highest BCUT2D eigenvalue weighted by atomic mass is 35.5. The SMILES string of the molecule is CC(NC(=O)CC1CC2CCC(C1)N2)c1ccc(C(F)(F)F)cc1.Cl. The van der Waals surface area contributed by atoms with Gasteiger partial charge in [-0.05, 0) is 56.2 Å². The highest BCUT2D eigenvalue weighted by molar-refractivity contribution is 5.85. The van der Waals surface area contributed by atoms with Crippen molar-refractivity contribution in [1.29, 1.82) is 0 Å². The maximum Gasteiger partial charge on any atom is 0.416 e. The molecule has 3 unspecified atom stereocenters. The van der Waals surface area contributed by atoms with Gasteiger partial charge in [0.05, 0.1) is 11.6 Å². The third-order valence-corrected chi connectivity index (χ3v) is 5.16. The molecule has 0 spiro atoms. The van der Waals surface area contributed by atoms with Crippen LogP contribution in [0.4, 0.5) is 13.2 Å². The number of piperidine rings is 1. The molecule has 0 saturated carbocycles. The van der Waals surface area contributed by atoms with Gasteiger partial charge in [-0.2, -0.15) is 13.2 Å². The second kappa shape index (κ2) is 7.96. The fraction of sp³-hybridized carbons (Fsp3) is 0.611. The van der Waals surface area contributed by atoms with Gasteiger partial charge >= 0.3 is 6.18 Å². The highest BCUT2D eigenvalue weighted by Crippen LogP contribution is 2.33. The molecule has 1 aromatic rings. The third kappa shape index (κ3) is 5.11. The van der Waals surface area contributed by atoms with Crippen LogP contribution in [0.5, 0.6) is 0 Å². The van der Waals surface area contributed by atoms with Crippen LogP contribution in [-0.2, 0) is 11.0 Å². The van der Waals surface area contributed by atoms with Crippen molar-refractivity contribution < 1.29 is 18.0 Å². The first-order valence-corrected chi connectivity index (χ1v) is 8.54. The molecule has 2 N–H and O–H groups in total. The van der Waals surface area contributed by atoms with Crippen molar-refractivity contribution in [3.8, 4) is 0 Å². The number of rotatable bonds is 4. The first kappa shape index (κ1) is 20.0. The average molecular weight is 377 g/mol. The first-order valence-electron chi connectivity index (χ1n) is 8.54. The largest absolute Gasteiger partial charge is 0.416 e. The lowest BCUT2D eigenvalue weighted by molar-refractivity contribution is -0.137. The molecule has 2 aliphatic rings. The Morgan fingerprint density at radius 3 is 2.28 bits per heavy atom. The zero-order valence-electron chi connectivity index (χ0n) is 14.1. The van der Waals surface area contributed by atoms with Gasteiger partial charge in [-0.25, -0.2) is 0 Å². The summed E-state index contributed by atoms with van der Waals surface area (Å²) in [4.78, 5) is 12.2. The van der Waals surface area contributed by atoms with Crippen LogP contribution >= 0.6 is 12.4 Å². The molecule has 7 heteroatoms. The van der Waals surface area contributed by atoms with Gasteiger partial charge in [-0.1, -0.05) is 12.1 Å². The zero-order chi connectivity index (χ0) is 17.3. The van der Waals surface area contributed by atoms with Crippen molar-refractivity contribution in [2.75, 3.05) is 0 Å². The molecule has 25 heavy (non-hydrogen) atoms. The molecule has 1 amide bonds. The number of hydrogen-bond acceptors (Lipinski definition) is 2. The first-order chi connectivity index (χ1) is 11.3. The summed E-state index contributed by atoms with van der Waals surface area (Å²) in [6.07, 6.45) is 0.645. The maximum atomic E-state index is 12.6. The number of benzene rings is 1. The molecule has 0 radical (unpaired) electrons. The van der Waals surface area contributed by atoms with Gasteiger partial charge < -0.3 is 10.6 Å². The molecule has 1 aromatic carbocycles. The second-order valence-electron chi connectivity index (χ2n) is 7.09. The summed E-state index contributed by atoms with van der Waals surface area (Å²) in [7, 11) is 0. The van der Waals surface area contributed by atoms with E-state index >= 15 is 0 Å². The van der Waals surface area contributed by atoms with E-state index in [-0.39, 0.29) is 24.4 Å². The Balaban J connectivity index is 0.00000225. The molecule has 2 heterocycles. The Kier molecular flexibility index (Phi) is 6.38. The second-order valence-corrected chi connectivity index (χ2v) is 7.09. The van der Waals surface area contributed by atoms with Crippen LogP contribution in [-0.4, -0.2) is 18.0 Å². The van der Waals surface area contributed by atoms with Gasteiger partial charge in [0.15, 0.2) is 0 Å². The number of halogens is 4. The molecule has 2 aliphatic heterocycles. The minimum atomic E-state index is -4.33. The van der Waals surface area contributed by atoms with Crippen molar-refractivity contribution in [2.24, 2.45) is 5.92 Å². The smallest absolute Gasteiger partial charge is 0.350 e. The molecule has 3 nitrogen and oxygen atoms in total. The summed E-state index contributed by atoms with van der Waals surface area (Å²) in [5, 5.41) is 6.47. The molecule has 2 saturated heterocycles. The van der Waals surface area contributed by atoms with Crippen LogP contribution < -0.4 is 10.6 Å². The molecule has 0 aromatic heterocycles. The summed E-state index contributed by atoms with van der Waals surface area (Å²) in [6, 6.07) is 5.78. The van der Waals surface area contributed by atoms with Gasteiger partial charge in [0.2, 0.25) is 5.91 Å². The Labute approximate surface area is 152 Å². The number of amides is 1. The van der Waals surface area contributed by atoms with E-state index in [9.17, 15) is 18.0 Å². The molecule has 2 fully saturated rings. The van der Waals surface area contributed by atoms with Gasteiger partial charge in [-0.3, -0.25) is 4.79 Å². The van der Waals surface area contributed by atoms with Gasteiger partial charge in [-0.15, -0.1) is 12.4 Å². The van der Waals surface area contributed by atoms with E-state index < -0.39 is 11.7 Å². The van der Waals surface area contributed by atoms with Crippen molar-refractivity contribution in [1.82, 2.24) is 10.6 Å². The maximum absolute atomic E-state index is 12.6. The van der Waals surface area contributed by atoms with Crippen LogP contribution in [0.25, 0.3) is 0 Å². The number of hydrogen-bond donors (Lipinski definition) is 2. The monoisotopic (exact) mass is 376 g/mol. The molecular formula is C18H24ClF3N2O. The molecule has 3 rings (SSSR count). The lowest BCUT2D eigenvalue weighted by Crippen LogP contribution is -2.40. The Morgan fingerprint density at radius 2 is 1.76 bits per heavy atom. The third-order valence-electron chi connectivity index (χ3n) is 5.16. The Hall–Kier alpha value is -1.27. The molecule has 0 aliphatic carbocycles. The fourth-order valence-electron chi connectivity index (χ4n) is 3.95. The Morgan fingerprint density at radius 1 is 1.20 bits per heavy atom. The minimum absolute atomic E-state index is 0. The van der Waals surface area contributed by atoms with Gasteiger partial charge in [0.25, 0.3) is 0 Å². The minimum Gasteiger partial charge on any atom is -0.350 e. The number of fused-ring (bicyclic) bond motifs is 2. The highest BCUT2D eigenvalue weighted by Gasteiger charge is 2.34. The molecule has 140 valence electrons. The summed E-state index contributed by atoms with van der Waals surface area (Å²) < 4.78 is 37.8. The summed E-state index contributed by atoms with van der Waals surface area (Å²) in [6.45, 7) is 1.80. The van der Waals surface area contributed by atoms with Crippen molar-refractivity contribution in [3.63, 3.8) is 0 Å². The standard InChI is InChI=1S/C18H23F3N2O.ClH/c1-11(13-2-4-14(5-3-13)18(19,20)21)22-17(24)10-12-8-15-6-7-16(9-12)23-15;/h2-5,11-12,15-16,23H,6-10H2,1H3,(H,22,24);1H. The summed E-state index contributed by atoms with van der Waals surface area (Å²) in [5.41, 5.74) is 0.0108. The van der Waals surface area contributed by atoms with Crippen LogP contribution in [0, 0.1) is 5.92 Å². The lowest BCUT2D eigenvalue weighted by atomic mass is 9.89. The predicted octanol–water partition coefficient (Wildman–Crippen LogP) is 4.23. The van der Waals surface area contributed by atoms with Crippen LogP contribution in [0.2, 0.25) is 0 Å². The Bertz CT molecular complexity index is 579. The average Bonchev–Trinajstić information content (AvgIpc) is 2.85. The number of carbonyl (C=O) groups excluding carboxylic acids is 1. The van der Waals surface area contributed by atoms with Crippen LogP contribution in [0.3, 0.4) is 0 Å². The summed E-state index contributed by atoms with van der Waals surface area (Å²) in [5.74, 6) is 0.386. The van der Waals surface area contributed by atoms with E-state index in [4.69, 9.17) is 0 Å². The predicted molar refractivity (Wildman–Crippen MR) is 92.5 cm³/mol. The van der Waals surface area contributed by atoms with E-state index in [2.05, 4.69) is 10.6 Å². The van der Waals surface area contributed by atoms with Crippen molar-refractivity contribution in [2.45, 2.75) is 63.3 Å². The van der Waals surface area contributed by atoms with Crippen molar-refractivity contribution in [3.05, 3.63) is 35.4 Å². The van der Waals surface area contributed by atoms with E-state index in [0.717, 1.165) is 25.0 Å². The van der Waals surface area contributed by atoms with E-state index in [1.54, 1.807) is 6.92 Å². The fourth-order valence-corrected chi connectivity index (χ4v) is 3.95. The lowest BCUT2D eigenvalue weighted by Gasteiger charge is -2.29. The number of carbonyl (C=O) groups is 1. The number of nitrogens with one attached hydrogen (secondary N) is 2.